The molecule has 0 N–H and O–H groups in total. The molecule has 3 rings (SSSR count). The number of carbonyl (C=O) groups is 1. The van der Waals surface area contributed by atoms with Crippen molar-refractivity contribution in [3.63, 3.8) is 0 Å². The molecule has 0 bridgehead atoms. The molecule has 29 heavy (non-hydrogen) atoms. The van der Waals surface area contributed by atoms with E-state index in [4.69, 9.17) is 0 Å². The van der Waals surface area contributed by atoms with Crippen LogP contribution in [-0.4, -0.2) is 23.4 Å². The van der Waals surface area contributed by atoms with Crippen LogP contribution in [0.25, 0.3) is 0 Å². The van der Waals surface area contributed by atoms with Crippen LogP contribution < -0.4 is 0 Å². The molecule has 0 aromatic heterocycles. The first-order valence-electron chi connectivity index (χ1n) is 9.51. The van der Waals surface area contributed by atoms with Crippen LogP contribution in [0.3, 0.4) is 0 Å². The Kier molecular flexibility index (Phi) is 5.96. The molecular formula is C22H22F5NO. The van der Waals surface area contributed by atoms with E-state index < -0.39 is 29.1 Å². The standard InChI is InChI=1S/C22H22F5NO/c1-21(23,24)17-12-16(13-18(14-17)22(25,26)27)20(29)28-10-6-5-9-19(28)11-15-7-3-2-4-8-15/h2-4,7-8,12-14,19H,5-6,9-11H2,1H3/t19-/m0/s1. The number of amides is 1. The first-order valence-corrected chi connectivity index (χ1v) is 9.51. The SMILES string of the molecule is CC(F)(F)c1cc(C(=O)N2CCCC[C@H]2Cc2ccccc2)cc(C(F)(F)F)c1. The zero-order valence-electron chi connectivity index (χ0n) is 16.0. The van der Waals surface area contributed by atoms with Gasteiger partial charge in [-0.15, -0.1) is 0 Å². The summed E-state index contributed by atoms with van der Waals surface area (Å²) in [6, 6.07) is 11.3. The average Bonchev–Trinajstić information content (AvgIpc) is 2.67. The molecule has 1 aliphatic rings. The minimum Gasteiger partial charge on any atom is -0.335 e. The normalized spacial score (nSPS) is 18.0. The molecule has 156 valence electrons. The number of piperidine rings is 1. The van der Waals surface area contributed by atoms with Crippen molar-refractivity contribution in [1.82, 2.24) is 4.90 Å². The molecule has 0 spiro atoms. The fourth-order valence-corrected chi connectivity index (χ4v) is 3.70. The Hall–Kier alpha value is -2.44. The van der Waals surface area contributed by atoms with E-state index in [1.54, 1.807) is 0 Å². The van der Waals surface area contributed by atoms with Crippen LogP contribution in [-0.2, 0) is 18.5 Å². The highest BCUT2D eigenvalue weighted by atomic mass is 19.4. The average molecular weight is 411 g/mol. The van der Waals surface area contributed by atoms with E-state index in [1.165, 1.54) is 4.90 Å². The number of halogens is 5. The van der Waals surface area contributed by atoms with Crippen molar-refractivity contribution in [2.24, 2.45) is 0 Å². The van der Waals surface area contributed by atoms with Gasteiger partial charge in [0, 0.05) is 30.6 Å². The lowest BCUT2D eigenvalue weighted by Crippen LogP contribution is -2.45. The van der Waals surface area contributed by atoms with Gasteiger partial charge in [-0.25, -0.2) is 8.78 Å². The van der Waals surface area contributed by atoms with Crippen molar-refractivity contribution >= 4 is 5.91 Å². The van der Waals surface area contributed by atoms with Crippen LogP contribution in [0.5, 0.6) is 0 Å². The lowest BCUT2D eigenvalue weighted by atomic mass is 9.94. The molecule has 1 aliphatic heterocycles. The molecule has 0 unspecified atom stereocenters. The summed E-state index contributed by atoms with van der Waals surface area (Å²) in [5.41, 5.74) is -1.39. The molecule has 2 nitrogen and oxygen atoms in total. The molecule has 1 amide bonds. The topological polar surface area (TPSA) is 20.3 Å². The quantitative estimate of drug-likeness (QED) is 0.561. The summed E-state index contributed by atoms with van der Waals surface area (Å²) in [5.74, 6) is -4.12. The van der Waals surface area contributed by atoms with Gasteiger partial charge in [0.15, 0.2) is 0 Å². The first kappa shape index (κ1) is 21.3. The molecule has 7 heteroatoms. The molecule has 1 saturated heterocycles. The third kappa shape index (κ3) is 5.14. The van der Waals surface area contributed by atoms with Crippen LogP contribution >= 0.6 is 0 Å². The number of likely N-dealkylation sites (tertiary alicyclic amines) is 1. The monoisotopic (exact) mass is 411 g/mol. The second kappa shape index (κ2) is 8.13. The second-order valence-electron chi connectivity index (χ2n) is 7.52. The number of nitrogens with zero attached hydrogens (tertiary/aromatic N) is 1. The van der Waals surface area contributed by atoms with Crippen molar-refractivity contribution in [3.8, 4) is 0 Å². The van der Waals surface area contributed by atoms with E-state index in [0.717, 1.165) is 30.9 Å². The zero-order chi connectivity index (χ0) is 21.2. The van der Waals surface area contributed by atoms with E-state index in [9.17, 15) is 26.7 Å². The van der Waals surface area contributed by atoms with Crippen LogP contribution in [0.2, 0.25) is 0 Å². The molecule has 1 heterocycles. The highest BCUT2D eigenvalue weighted by Gasteiger charge is 2.36. The number of hydrogen-bond donors (Lipinski definition) is 0. The number of alkyl halides is 5. The van der Waals surface area contributed by atoms with Crippen molar-refractivity contribution in [1.29, 1.82) is 0 Å². The lowest BCUT2D eigenvalue weighted by molar-refractivity contribution is -0.137. The van der Waals surface area contributed by atoms with E-state index in [0.29, 0.717) is 32.0 Å². The predicted octanol–water partition coefficient (Wildman–Crippen LogP) is 6.05. The van der Waals surface area contributed by atoms with Gasteiger partial charge in [0.05, 0.1) is 5.56 Å². The minimum atomic E-state index is -4.82. The maximum atomic E-state index is 13.8. The van der Waals surface area contributed by atoms with E-state index >= 15 is 0 Å². The van der Waals surface area contributed by atoms with Crippen molar-refractivity contribution in [3.05, 3.63) is 70.8 Å². The number of hydrogen-bond acceptors (Lipinski definition) is 1. The molecule has 0 radical (unpaired) electrons. The molecule has 1 fully saturated rings. The summed E-state index contributed by atoms with van der Waals surface area (Å²) in [6.07, 6.45) is -1.89. The Bertz CT molecular complexity index is 825. The fourth-order valence-electron chi connectivity index (χ4n) is 3.70. The largest absolute Gasteiger partial charge is 0.416 e. The summed E-state index contributed by atoms with van der Waals surface area (Å²) in [7, 11) is 0. The van der Waals surface area contributed by atoms with Gasteiger partial charge in [-0.1, -0.05) is 30.3 Å². The highest BCUT2D eigenvalue weighted by molar-refractivity contribution is 5.95. The van der Waals surface area contributed by atoms with E-state index in [2.05, 4.69) is 0 Å². The van der Waals surface area contributed by atoms with Gasteiger partial charge in [-0.2, -0.15) is 13.2 Å². The summed E-state index contributed by atoms with van der Waals surface area (Å²) in [5, 5.41) is 0. The van der Waals surface area contributed by atoms with Crippen molar-refractivity contribution in [2.75, 3.05) is 6.54 Å². The third-order valence-electron chi connectivity index (χ3n) is 5.22. The maximum Gasteiger partial charge on any atom is 0.416 e. The molecule has 2 aromatic rings. The summed E-state index contributed by atoms with van der Waals surface area (Å²) >= 11 is 0. The number of rotatable bonds is 4. The molecular weight excluding hydrogens is 389 g/mol. The third-order valence-corrected chi connectivity index (χ3v) is 5.22. The Morgan fingerprint density at radius 3 is 2.28 bits per heavy atom. The molecule has 2 aromatic carbocycles. The highest BCUT2D eigenvalue weighted by Crippen LogP contribution is 2.36. The van der Waals surface area contributed by atoms with E-state index in [-0.39, 0.29) is 11.6 Å². The predicted molar refractivity (Wildman–Crippen MR) is 99.8 cm³/mol. The van der Waals surface area contributed by atoms with Gasteiger partial charge < -0.3 is 4.90 Å². The Morgan fingerprint density at radius 2 is 1.66 bits per heavy atom. The van der Waals surface area contributed by atoms with Gasteiger partial charge >= 0.3 is 6.18 Å². The summed E-state index contributed by atoms with van der Waals surface area (Å²) in [6.45, 7) is 0.917. The van der Waals surface area contributed by atoms with Crippen LogP contribution in [0.4, 0.5) is 22.0 Å². The van der Waals surface area contributed by atoms with Crippen LogP contribution in [0.15, 0.2) is 48.5 Å². The summed E-state index contributed by atoms with van der Waals surface area (Å²) < 4.78 is 67.3. The van der Waals surface area contributed by atoms with Gasteiger partial charge in [-0.3, -0.25) is 4.79 Å². The fraction of sp³-hybridized carbons (Fsp3) is 0.409. The van der Waals surface area contributed by atoms with Crippen molar-refractivity contribution in [2.45, 2.75) is 50.7 Å². The Labute approximate surface area is 166 Å². The number of carbonyl (C=O) groups excluding carboxylic acids is 1. The minimum absolute atomic E-state index is 0.182. The van der Waals surface area contributed by atoms with E-state index in [1.807, 2.05) is 30.3 Å². The molecule has 0 saturated carbocycles. The molecule has 1 atom stereocenters. The Morgan fingerprint density at radius 1 is 1.00 bits per heavy atom. The van der Waals surface area contributed by atoms with Crippen LogP contribution in [0.1, 0.15) is 53.2 Å². The van der Waals surface area contributed by atoms with Gasteiger partial charge in [0.25, 0.3) is 11.8 Å². The second-order valence-corrected chi connectivity index (χ2v) is 7.52. The lowest BCUT2D eigenvalue weighted by Gasteiger charge is -2.36. The maximum absolute atomic E-state index is 13.8. The first-order chi connectivity index (χ1) is 13.6. The van der Waals surface area contributed by atoms with Crippen LogP contribution in [0, 0.1) is 0 Å². The zero-order valence-corrected chi connectivity index (χ0v) is 16.0. The summed E-state index contributed by atoms with van der Waals surface area (Å²) in [4.78, 5) is 14.6. The molecule has 0 aliphatic carbocycles. The number of benzene rings is 2. The van der Waals surface area contributed by atoms with Gasteiger partial charge in [0.2, 0.25) is 0 Å². The van der Waals surface area contributed by atoms with Gasteiger partial charge in [0.1, 0.15) is 0 Å². The Balaban J connectivity index is 1.94. The smallest absolute Gasteiger partial charge is 0.335 e. The van der Waals surface area contributed by atoms with Gasteiger partial charge in [-0.05, 0) is 49.4 Å². The van der Waals surface area contributed by atoms with Crippen molar-refractivity contribution < 1.29 is 26.7 Å².